The molecule has 0 aliphatic carbocycles. The summed E-state index contributed by atoms with van der Waals surface area (Å²) in [7, 11) is 0. The van der Waals surface area contributed by atoms with Gasteiger partial charge in [-0.15, -0.1) is 0 Å². The number of nitriles is 1. The van der Waals surface area contributed by atoms with Gasteiger partial charge in [0.05, 0.1) is 29.7 Å². The molecule has 1 heterocycles. The highest BCUT2D eigenvalue weighted by atomic mass is 16.2. The fourth-order valence-electron chi connectivity index (χ4n) is 3.40. The van der Waals surface area contributed by atoms with Gasteiger partial charge in [0.15, 0.2) is 11.5 Å². The predicted molar refractivity (Wildman–Crippen MR) is 111 cm³/mol. The molecule has 2 aromatic carbocycles. The van der Waals surface area contributed by atoms with Crippen LogP contribution in [0.1, 0.15) is 49.3 Å². The van der Waals surface area contributed by atoms with Crippen molar-refractivity contribution >= 4 is 22.6 Å². The van der Waals surface area contributed by atoms with Crippen LogP contribution < -0.4 is 5.32 Å². The molecule has 3 rings (SSSR count). The van der Waals surface area contributed by atoms with Crippen molar-refractivity contribution in [3.63, 3.8) is 0 Å². The fraction of sp³-hybridized carbons (Fsp3) is 0.304. The maximum Gasteiger partial charge on any atom is 0.273 e. The van der Waals surface area contributed by atoms with Crippen molar-refractivity contribution in [2.45, 2.75) is 40.3 Å². The molecule has 3 aromatic rings. The first-order valence-electron chi connectivity index (χ1n) is 9.46. The molecule has 0 saturated carbocycles. The van der Waals surface area contributed by atoms with Gasteiger partial charge in [-0.2, -0.15) is 10.4 Å². The number of carbonyl (C=O) groups excluding carboxylic acids is 2. The highest BCUT2D eigenvalue weighted by molar-refractivity contribution is 6.06. The van der Waals surface area contributed by atoms with Gasteiger partial charge in [-0.25, -0.2) is 0 Å². The molecule has 0 unspecified atom stereocenters. The van der Waals surface area contributed by atoms with Gasteiger partial charge in [-0.1, -0.05) is 51.1 Å². The molecule has 1 aromatic heterocycles. The number of para-hydroxylation sites is 1. The van der Waals surface area contributed by atoms with Crippen molar-refractivity contribution in [1.82, 2.24) is 15.1 Å². The topological polar surface area (TPSA) is 87.8 Å². The number of rotatable bonds is 5. The van der Waals surface area contributed by atoms with Crippen molar-refractivity contribution in [2.75, 3.05) is 0 Å². The van der Waals surface area contributed by atoms with Gasteiger partial charge < -0.3 is 5.32 Å². The van der Waals surface area contributed by atoms with E-state index in [0.717, 1.165) is 16.5 Å². The molecule has 0 saturated heterocycles. The average molecular weight is 388 g/mol. The van der Waals surface area contributed by atoms with Crippen molar-refractivity contribution in [1.29, 1.82) is 5.26 Å². The SMILES string of the molecule is CC(=O)[C@@H](NC(=O)c1nn(Cc2ccc(C#N)cc2)c2ccccc12)C(C)(C)C. The van der Waals surface area contributed by atoms with Gasteiger partial charge in [-0.3, -0.25) is 14.3 Å². The summed E-state index contributed by atoms with van der Waals surface area (Å²) in [6, 6.07) is 16.3. The molecule has 0 aliphatic rings. The quantitative estimate of drug-likeness (QED) is 0.722. The van der Waals surface area contributed by atoms with Crippen molar-refractivity contribution < 1.29 is 9.59 Å². The average Bonchev–Trinajstić information content (AvgIpc) is 3.04. The van der Waals surface area contributed by atoms with Crippen LogP contribution in [0.2, 0.25) is 0 Å². The van der Waals surface area contributed by atoms with E-state index >= 15 is 0 Å². The zero-order valence-electron chi connectivity index (χ0n) is 17.1. The Kier molecular flexibility index (Phi) is 5.51. The second-order valence-corrected chi connectivity index (χ2v) is 8.22. The highest BCUT2D eigenvalue weighted by Crippen LogP contribution is 2.23. The Balaban J connectivity index is 1.96. The molecule has 0 spiro atoms. The Morgan fingerprint density at radius 2 is 1.79 bits per heavy atom. The normalized spacial score (nSPS) is 12.4. The summed E-state index contributed by atoms with van der Waals surface area (Å²) in [5.41, 5.74) is 2.29. The van der Waals surface area contributed by atoms with Crippen LogP contribution in [0.5, 0.6) is 0 Å². The number of hydrogen-bond donors (Lipinski definition) is 1. The number of carbonyl (C=O) groups is 2. The number of hydrogen-bond acceptors (Lipinski definition) is 4. The summed E-state index contributed by atoms with van der Waals surface area (Å²) < 4.78 is 1.77. The first-order chi connectivity index (χ1) is 13.7. The first kappa shape index (κ1) is 20.3. The van der Waals surface area contributed by atoms with Crippen LogP contribution in [0.4, 0.5) is 0 Å². The van der Waals surface area contributed by atoms with E-state index in [2.05, 4.69) is 16.5 Å². The molecule has 0 aliphatic heterocycles. The minimum absolute atomic E-state index is 0.0906. The van der Waals surface area contributed by atoms with E-state index in [1.54, 1.807) is 16.8 Å². The fourth-order valence-corrected chi connectivity index (χ4v) is 3.40. The molecule has 29 heavy (non-hydrogen) atoms. The van der Waals surface area contributed by atoms with Crippen LogP contribution in [-0.2, 0) is 11.3 Å². The molecular weight excluding hydrogens is 364 g/mol. The number of nitrogens with zero attached hydrogens (tertiary/aromatic N) is 3. The second kappa shape index (κ2) is 7.88. The van der Waals surface area contributed by atoms with Gasteiger partial charge >= 0.3 is 0 Å². The minimum atomic E-state index is -0.600. The lowest BCUT2D eigenvalue weighted by atomic mass is 9.84. The Morgan fingerprint density at radius 1 is 1.14 bits per heavy atom. The zero-order chi connectivity index (χ0) is 21.2. The molecule has 0 fully saturated rings. The number of benzene rings is 2. The molecular formula is C23H24N4O2. The Labute approximate surface area is 170 Å². The lowest BCUT2D eigenvalue weighted by Gasteiger charge is -2.29. The third-order valence-electron chi connectivity index (χ3n) is 4.84. The van der Waals surface area contributed by atoms with Crippen molar-refractivity contribution in [2.24, 2.45) is 5.41 Å². The number of Topliss-reactive ketones (excluding diaryl/α,β-unsaturated/α-hetero) is 1. The number of ketones is 1. The third kappa shape index (κ3) is 4.35. The van der Waals surface area contributed by atoms with Gasteiger partial charge in [-0.05, 0) is 36.1 Å². The van der Waals surface area contributed by atoms with Gasteiger partial charge in [0.1, 0.15) is 0 Å². The Morgan fingerprint density at radius 3 is 2.38 bits per heavy atom. The van der Waals surface area contributed by atoms with Crippen LogP contribution in [0.15, 0.2) is 48.5 Å². The predicted octanol–water partition coefficient (Wildman–Crippen LogP) is 3.69. The largest absolute Gasteiger partial charge is 0.340 e. The minimum Gasteiger partial charge on any atom is -0.340 e. The molecule has 6 nitrogen and oxygen atoms in total. The molecule has 0 radical (unpaired) electrons. The third-order valence-corrected chi connectivity index (χ3v) is 4.84. The van der Waals surface area contributed by atoms with E-state index in [1.165, 1.54) is 6.92 Å². The standard InChI is InChI=1S/C23H24N4O2/c1-15(28)21(23(2,3)4)25-22(29)20-18-7-5-6-8-19(18)27(26-20)14-17-11-9-16(13-24)10-12-17/h5-12,21H,14H2,1-4H3,(H,25,29)/t21-/m1/s1. The van der Waals surface area contributed by atoms with E-state index < -0.39 is 11.5 Å². The molecule has 1 atom stereocenters. The summed E-state index contributed by atoms with van der Waals surface area (Å²) in [6.45, 7) is 7.70. The molecule has 1 N–H and O–H groups in total. The van der Waals surface area contributed by atoms with Crippen LogP contribution in [0.3, 0.4) is 0 Å². The molecule has 6 heteroatoms. The lowest BCUT2D eigenvalue weighted by Crippen LogP contribution is -2.48. The molecule has 1 amide bonds. The summed E-state index contributed by atoms with van der Waals surface area (Å²) >= 11 is 0. The summed E-state index contributed by atoms with van der Waals surface area (Å²) in [5, 5.41) is 17.1. The summed E-state index contributed by atoms with van der Waals surface area (Å²) in [6.07, 6.45) is 0. The maximum atomic E-state index is 13.0. The molecule has 0 bridgehead atoms. The summed E-state index contributed by atoms with van der Waals surface area (Å²) in [4.78, 5) is 25.1. The van der Waals surface area contributed by atoms with E-state index in [0.29, 0.717) is 17.8 Å². The number of nitrogens with one attached hydrogen (secondary N) is 1. The van der Waals surface area contributed by atoms with Gasteiger partial charge in [0.2, 0.25) is 0 Å². The van der Waals surface area contributed by atoms with E-state index in [4.69, 9.17) is 5.26 Å². The monoisotopic (exact) mass is 388 g/mol. The number of amides is 1. The van der Waals surface area contributed by atoms with E-state index in [1.807, 2.05) is 57.2 Å². The lowest BCUT2D eigenvalue weighted by molar-refractivity contribution is -0.121. The Hall–Kier alpha value is -3.46. The number of aromatic nitrogens is 2. The smallest absolute Gasteiger partial charge is 0.273 e. The van der Waals surface area contributed by atoms with E-state index in [-0.39, 0.29) is 11.7 Å². The van der Waals surface area contributed by atoms with Crippen molar-refractivity contribution in [3.8, 4) is 6.07 Å². The van der Waals surface area contributed by atoms with Crippen LogP contribution in [0, 0.1) is 16.7 Å². The van der Waals surface area contributed by atoms with Crippen molar-refractivity contribution in [3.05, 3.63) is 65.4 Å². The molecule has 148 valence electrons. The zero-order valence-corrected chi connectivity index (χ0v) is 17.1. The van der Waals surface area contributed by atoms with Gasteiger partial charge in [0, 0.05) is 5.39 Å². The van der Waals surface area contributed by atoms with E-state index in [9.17, 15) is 9.59 Å². The second-order valence-electron chi connectivity index (χ2n) is 8.22. The highest BCUT2D eigenvalue weighted by Gasteiger charge is 2.31. The first-order valence-corrected chi connectivity index (χ1v) is 9.46. The Bertz CT molecular complexity index is 1100. The van der Waals surface area contributed by atoms with Crippen LogP contribution in [-0.4, -0.2) is 27.5 Å². The van der Waals surface area contributed by atoms with Crippen LogP contribution in [0.25, 0.3) is 10.9 Å². The van der Waals surface area contributed by atoms with Crippen LogP contribution >= 0.6 is 0 Å². The summed E-state index contributed by atoms with van der Waals surface area (Å²) in [5.74, 6) is -0.456. The maximum absolute atomic E-state index is 13.0. The van der Waals surface area contributed by atoms with Gasteiger partial charge in [0.25, 0.3) is 5.91 Å². The number of fused-ring (bicyclic) bond motifs is 1.